The van der Waals surface area contributed by atoms with Gasteiger partial charge >= 0.3 is 0 Å². The van der Waals surface area contributed by atoms with Crippen molar-refractivity contribution >= 4 is 11.8 Å². The lowest BCUT2D eigenvalue weighted by Gasteiger charge is -2.38. The molecule has 2 fully saturated rings. The second-order valence-electron chi connectivity index (χ2n) is 7.04. The molecule has 24 heavy (non-hydrogen) atoms. The fourth-order valence-electron chi connectivity index (χ4n) is 3.77. The molecular formula is C19H27N3O2. The predicted octanol–water partition coefficient (Wildman–Crippen LogP) is 2.15. The van der Waals surface area contributed by atoms with E-state index in [2.05, 4.69) is 0 Å². The lowest BCUT2D eigenvalue weighted by atomic mass is 9.96. The average Bonchev–Trinajstić information content (AvgIpc) is 3.00. The smallest absolute Gasteiger partial charge is 0.254 e. The number of carbonyl (C=O) groups is 2. The third kappa shape index (κ3) is 3.61. The topological polar surface area (TPSA) is 66.6 Å². The maximum Gasteiger partial charge on any atom is 0.254 e. The van der Waals surface area contributed by atoms with Crippen LogP contribution in [0, 0.1) is 0 Å². The van der Waals surface area contributed by atoms with Crippen LogP contribution in [0.15, 0.2) is 24.3 Å². The fourth-order valence-corrected chi connectivity index (χ4v) is 3.77. The SMILES string of the molecule is C[C@H](N)[C@H]1CCCCN1C(=O)c1ccc(CN2CCCC2=O)cc1. The van der Waals surface area contributed by atoms with E-state index in [9.17, 15) is 9.59 Å². The molecule has 5 nitrogen and oxygen atoms in total. The van der Waals surface area contributed by atoms with Crippen molar-refractivity contribution in [2.24, 2.45) is 5.73 Å². The molecule has 5 heteroatoms. The maximum atomic E-state index is 12.8. The van der Waals surface area contributed by atoms with Gasteiger partial charge in [-0.2, -0.15) is 0 Å². The van der Waals surface area contributed by atoms with Gasteiger partial charge in [-0.3, -0.25) is 9.59 Å². The molecule has 0 bridgehead atoms. The van der Waals surface area contributed by atoms with Crippen molar-refractivity contribution in [2.45, 2.75) is 57.7 Å². The van der Waals surface area contributed by atoms with Gasteiger partial charge < -0.3 is 15.5 Å². The third-order valence-electron chi connectivity index (χ3n) is 5.16. The van der Waals surface area contributed by atoms with E-state index >= 15 is 0 Å². The van der Waals surface area contributed by atoms with Crippen LogP contribution < -0.4 is 5.73 Å². The van der Waals surface area contributed by atoms with Gasteiger partial charge in [0, 0.05) is 43.7 Å². The van der Waals surface area contributed by atoms with Crippen molar-refractivity contribution in [3.05, 3.63) is 35.4 Å². The highest BCUT2D eigenvalue weighted by Crippen LogP contribution is 2.22. The van der Waals surface area contributed by atoms with E-state index in [1.165, 1.54) is 0 Å². The predicted molar refractivity (Wildman–Crippen MR) is 93.4 cm³/mol. The highest BCUT2D eigenvalue weighted by atomic mass is 16.2. The first-order valence-electron chi connectivity index (χ1n) is 8.99. The minimum atomic E-state index is -0.00491. The number of likely N-dealkylation sites (tertiary alicyclic amines) is 2. The number of hydrogen-bond acceptors (Lipinski definition) is 3. The second kappa shape index (κ2) is 7.34. The highest BCUT2D eigenvalue weighted by molar-refractivity contribution is 5.94. The van der Waals surface area contributed by atoms with Crippen LogP contribution in [-0.4, -0.2) is 46.8 Å². The molecule has 2 aliphatic rings. The van der Waals surface area contributed by atoms with Crippen LogP contribution >= 0.6 is 0 Å². The van der Waals surface area contributed by atoms with Crippen molar-refractivity contribution < 1.29 is 9.59 Å². The number of nitrogens with zero attached hydrogens (tertiary/aromatic N) is 2. The maximum absolute atomic E-state index is 12.8. The van der Waals surface area contributed by atoms with Crippen molar-refractivity contribution in [2.75, 3.05) is 13.1 Å². The first-order valence-corrected chi connectivity index (χ1v) is 8.99. The number of hydrogen-bond donors (Lipinski definition) is 1. The first kappa shape index (κ1) is 17.0. The van der Waals surface area contributed by atoms with E-state index in [4.69, 9.17) is 5.73 Å². The van der Waals surface area contributed by atoms with Crippen LogP contribution in [0.1, 0.15) is 54.9 Å². The minimum absolute atomic E-state index is 0.00491. The molecule has 130 valence electrons. The van der Waals surface area contributed by atoms with Gasteiger partial charge in [-0.1, -0.05) is 12.1 Å². The normalized spacial score (nSPS) is 22.8. The Labute approximate surface area is 143 Å². The van der Waals surface area contributed by atoms with Gasteiger partial charge in [-0.15, -0.1) is 0 Å². The molecular weight excluding hydrogens is 302 g/mol. The number of amides is 2. The molecule has 0 saturated carbocycles. The van der Waals surface area contributed by atoms with Crippen LogP contribution in [0.5, 0.6) is 0 Å². The van der Waals surface area contributed by atoms with Crippen LogP contribution in [0.2, 0.25) is 0 Å². The van der Waals surface area contributed by atoms with Crippen molar-refractivity contribution in [1.82, 2.24) is 9.80 Å². The second-order valence-corrected chi connectivity index (χ2v) is 7.04. The van der Waals surface area contributed by atoms with Gasteiger partial charge in [-0.25, -0.2) is 0 Å². The largest absolute Gasteiger partial charge is 0.338 e. The fraction of sp³-hybridized carbons (Fsp3) is 0.579. The summed E-state index contributed by atoms with van der Waals surface area (Å²) in [5, 5.41) is 0. The van der Waals surface area contributed by atoms with E-state index < -0.39 is 0 Å². The average molecular weight is 329 g/mol. The Bertz CT molecular complexity index is 597. The number of carbonyl (C=O) groups excluding carboxylic acids is 2. The van der Waals surface area contributed by atoms with Gasteiger partial charge in [0.15, 0.2) is 0 Å². The molecule has 2 atom stereocenters. The Morgan fingerprint density at radius 2 is 1.96 bits per heavy atom. The Kier molecular flexibility index (Phi) is 5.19. The summed E-state index contributed by atoms with van der Waals surface area (Å²) in [5.74, 6) is 0.295. The summed E-state index contributed by atoms with van der Waals surface area (Å²) in [6.07, 6.45) is 4.77. The van der Waals surface area contributed by atoms with Gasteiger partial charge in [0.05, 0.1) is 0 Å². The molecule has 0 aliphatic carbocycles. The lowest BCUT2D eigenvalue weighted by Crippen LogP contribution is -2.51. The van der Waals surface area contributed by atoms with Gasteiger partial charge in [-0.05, 0) is 50.3 Å². The summed E-state index contributed by atoms with van der Waals surface area (Å²) in [4.78, 5) is 28.4. The molecule has 1 aromatic rings. The Morgan fingerprint density at radius 3 is 2.58 bits per heavy atom. The summed E-state index contributed by atoms with van der Waals surface area (Å²) < 4.78 is 0. The molecule has 2 N–H and O–H groups in total. The van der Waals surface area contributed by atoms with Gasteiger partial charge in [0.2, 0.25) is 5.91 Å². The third-order valence-corrected chi connectivity index (χ3v) is 5.16. The standard InChI is InChI=1S/C19H27N3O2/c1-14(20)17-5-2-3-12-22(17)19(24)16-9-7-15(8-10-16)13-21-11-4-6-18(21)23/h7-10,14,17H,2-6,11-13,20H2,1H3/t14-,17+/m0/s1. The van der Waals surface area contributed by atoms with Crippen LogP contribution in [0.25, 0.3) is 0 Å². The van der Waals surface area contributed by atoms with E-state index in [0.29, 0.717) is 18.5 Å². The zero-order chi connectivity index (χ0) is 17.1. The Hall–Kier alpha value is -1.88. The minimum Gasteiger partial charge on any atom is -0.338 e. The number of benzene rings is 1. The molecule has 0 unspecified atom stereocenters. The summed E-state index contributed by atoms with van der Waals surface area (Å²) >= 11 is 0. The Morgan fingerprint density at radius 1 is 1.21 bits per heavy atom. The summed E-state index contributed by atoms with van der Waals surface area (Å²) in [6.45, 7) is 4.24. The van der Waals surface area contributed by atoms with E-state index in [0.717, 1.165) is 44.3 Å². The van der Waals surface area contributed by atoms with Gasteiger partial charge in [0.1, 0.15) is 0 Å². The summed E-state index contributed by atoms with van der Waals surface area (Å²) in [6, 6.07) is 7.81. The zero-order valence-corrected chi connectivity index (χ0v) is 14.4. The number of piperidine rings is 1. The molecule has 1 aromatic carbocycles. The lowest BCUT2D eigenvalue weighted by molar-refractivity contribution is -0.128. The number of rotatable bonds is 4. The zero-order valence-electron chi connectivity index (χ0n) is 14.4. The molecule has 0 aromatic heterocycles. The first-order chi connectivity index (χ1) is 11.6. The summed E-state index contributed by atoms with van der Waals surface area (Å²) in [7, 11) is 0. The molecule has 3 rings (SSSR count). The van der Waals surface area contributed by atoms with Crippen molar-refractivity contribution in [3.63, 3.8) is 0 Å². The molecule has 0 spiro atoms. The Balaban J connectivity index is 1.68. The van der Waals surface area contributed by atoms with Crippen molar-refractivity contribution in [3.8, 4) is 0 Å². The van der Waals surface area contributed by atoms with Crippen LogP contribution in [0.4, 0.5) is 0 Å². The van der Waals surface area contributed by atoms with Crippen molar-refractivity contribution in [1.29, 1.82) is 0 Å². The molecule has 2 heterocycles. The number of nitrogens with two attached hydrogens (primary N) is 1. The highest BCUT2D eigenvalue weighted by Gasteiger charge is 2.29. The van der Waals surface area contributed by atoms with Crippen LogP contribution in [-0.2, 0) is 11.3 Å². The van der Waals surface area contributed by atoms with E-state index in [-0.39, 0.29) is 23.9 Å². The monoisotopic (exact) mass is 329 g/mol. The molecule has 2 aliphatic heterocycles. The molecule has 2 saturated heterocycles. The quantitative estimate of drug-likeness (QED) is 0.920. The van der Waals surface area contributed by atoms with E-state index in [1.807, 2.05) is 41.0 Å². The molecule has 2 amide bonds. The molecule has 0 radical (unpaired) electrons. The van der Waals surface area contributed by atoms with E-state index in [1.54, 1.807) is 0 Å². The van der Waals surface area contributed by atoms with Crippen LogP contribution in [0.3, 0.4) is 0 Å². The van der Waals surface area contributed by atoms with Gasteiger partial charge in [0.25, 0.3) is 5.91 Å². The summed E-state index contributed by atoms with van der Waals surface area (Å²) in [5.41, 5.74) is 7.85.